The highest BCUT2D eigenvalue weighted by molar-refractivity contribution is 6.10. The van der Waals surface area contributed by atoms with E-state index in [0.29, 0.717) is 13.1 Å². The van der Waals surface area contributed by atoms with Crippen molar-refractivity contribution in [2.24, 2.45) is 16.6 Å². The molecule has 1 aromatic rings. The van der Waals surface area contributed by atoms with Gasteiger partial charge in [-0.3, -0.25) is 24.6 Å². The molecule has 2 heterocycles. The highest BCUT2D eigenvalue weighted by Crippen LogP contribution is 2.51. The van der Waals surface area contributed by atoms with Gasteiger partial charge in [-0.2, -0.15) is 0 Å². The number of nitrogens with zero attached hydrogens (tertiary/aromatic N) is 1. The fourth-order valence-corrected chi connectivity index (χ4v) is 3.61. The average molecular weight is 301 g/mol. The second kappa shape index (κ2) is 4.64. The SMILES string of the molecule is CC12CN(C(C(N)=O)c3ccccc3)CC1(C)C(=O)NC2=O. The maximum Gasteiger partial charge on any atom is 0.239 e. The minimum atomic E-state index is -0.841. The summed E-state index contributed by atoms with van der Waals surface area (Å²) in [5, 5.41) is 2.41. The summed E-state index contributed by atoms with van der Waals surface area (Å²) in [6.45, 7) is 4.19. The van der Waals surface area contributed by atoms with Crippen molar-refractivity contribution in [2.45, 2.75) is 19.9 Å². The fraction of sp³-hybridized carbons (Fsp3) is 0.438. The summed E-state index contributed by atoms with van der Waals surface area (Å²) in [6, 6.07) is 8.56. The number of carbonyl (C=O) groups is 3. The van der Waals surface area contributed by atoms with Crippen LogP contribution in [0.2, 0.25) is 0 Å². The number of rotatable bonds is 3. The lowest BCUT2D eigenvalue weighted by Gasteiger charge is -2.27. The third kappa shape index (κ3) is 1.80. The van der Waals surface area contributed by atoms with Gasteiger partial charge in [0, 0.05) is 13.1 Å². The molecular weight excluding hydrogens is 282 g/mol. The molecule has 0 spiro atoms. The molecule has 2 aliphatic heterocycles. The number of amides is 3. The lowest BCUT2D eigenvalue weighted by molar-refractivity contribution is -0.130. The average Bonchev–Trinajstić information content (AvgIpc) is 2.81. The van der Waals surface area contributed by atoms with Gasteiger partial charge in [0.25, 0.3) is 0 Å². The maximum absolute atomic E-state index is 12.2. The number of imide groups is 1. The lowest BCUT2D eigenvalue weighted by atomic mass is 9.70. The Morgan fingerprint density at radius 3 is 2.09 bits per heavy atom. The highest BCUT2D eigenvalue weighted by atomic mass is 16.2. The van der Waals surface area contributed by atoms with E-state index in [2.05, 4.69) is 5.32 Å². The number of hydrogen-bond acceptors (Lipinski definition) is 4. The number of primary amides is 1. The topological polar surface area (TPSA) is 92.5 Å². The maximum atomic E-state index is 12.2. The minimum absolute atomic E-state index is 0.279. The number of likely N-dealkylation sites (tertiary alicyclic amines) is 1. The molecule has 3 unspecified atom stereocenters. The smallest absolute Gasteiger partial charge is 0.239 e. The number of fused-ring (bicyclic) bond motifs is 1. The molecule has 6 heteroatoms. The van der Waals surface area contributed by atoms with Crippen LogP contribution in [0.25, 0.3) is 0 Å². The van der Waals surface area contributed by atoms with Crippen LogP contribution in [0, 0.1) is 10.8 Å². The summed E-state index contributed by atoms with van der Waals surface area (Å²) in [6.07, 6.45) is 0. The molecule has 0 aromatic heterocycles. The van der Waals surface area contributed by atoms with Crippen LogP contribution in [0.5, 0.6) is 0 Å². The standard InChI is InChI=1S/C16H19N3O3/c1-15-8-19(9-16(15,2)14(22)18-13(15)21)11(12(17)20)10-6-4-3-5-7-10/h3-7,11H,8-9H2,1-2H3,(H2,17,20)(H,18,21,22). The zero-order chi connectivity index (χ0) is 16.1. The first-order valence-corrected chi connectivity index (χ1v) is 7.24. The molecule has 0 bridgehead atoms. The third-order valence-electron chi connectivity index (χ3n) is 5.24. The third-order valence-corrected chi connectivity index (χ3v) is 5.24. The normalized spacial score (nSPS) is 32.6. The van der Waals surface area contributed by atoms with Gasteiger partial charge in [-0.1, -0.05) is 30.3 Å². The monoisotopic (exact) mass is 301 g/mol. The minimum Gasteiger partial charge on any atom is -0.368 e. The van der Waals surface area contributed by atoms with E-state index in [1.807, 2.05) is 35.2 Å². The van der Waals surface area contributed by atoms with Gasteiger partial charge in [-0.15, -0.1) is 0 Å². The van der Waals surface area contributed by atoms with E-state index >= 15 is 0 Å². The summed E-state index contributed by atoms with van der Waals surface area (Å²) < 4.78 is 0. The second-order valence-electron chi connectivity index (χ2n) is 6.57. The molecule has 2 aliphatic rings. The van der Waals surface area contributed by atoms with Crippen molar-refractivity contribution in [3.8, 4) is 0 Å². The first-order valence-electron chi connectivity index (χ1n) is 7.24. The summed E-state index contributed by atoms with van der Waals surface area (Å²) >= 11 is 0. The van der Waals surface area contributed by atoms with Crippen molar-refractivity contribution in [2.75, 3.05) is 13.1 Å². The molecule has 0 radical (unpaired) electrons. The van der Waals surface area contributed by atoms with Crippen LogP contribution in [0.4, 0.5) is 0 Å². The molecular formula is C16H19N3O3. The van der Waals surface area contributed by atoms with Gasteiger partial charge >= 0.3 is 0 Å². The predicted octanol–water partition coefficient (Wildman–Crippen LogP) is 0.198. The predicted molar refractivity (Wildman–Crippen MR) is 79.3 cm³/mol. The Kier molecular flexibility index (Phi) is 3.11. The first-order chi connectivity index (χ1) is 10.3. The van der Waals surface area contributed by atoms with Gasteiger partial charge < -0.3 is 5.73 Å². The van der Waals surface area contributed by atoms with E-state index in [1.165, 1.54) is 0 Å². The van der Waals surface area contributed by atoms with Crippen LogP contribution in [0.1, 0.15) is 25.5 Å². The van der Waals surface area contributed by atoms with Gasteiger partial charge in [0.15, 0.2) is 0 Å². The van der Waals surface area contributed by atoms with Crippen molar-refractivity contribution in [3.05, 3.63) is 35.9 Å². The molecule has 3 atom stereocenters. The Bertz CT molecular complexity index is 632. The van der Waals surface area contributed by atoms with E-state index in [-0.39, 0.29) is 11.8 Å². The van der Waals surface area contributed by atoms with Crippen molar-refractivity contribution in [1.82, 2.24) is 10.2 Å². The summed E-state index contributed by atoms with van der Waals surface area (Å²) in [7, 11) is 0. The number of nitrogens with two attached hydrogens (primary N) is 1. The number of hydrogen-bond donors (Lipinski definition) is 2. The molecule has 116 valence electrons. The Labute approximate surface area is 128 Å². The van der Waals surface area contributed by atoms with E-state index in [1.54, 1.807) is 13.8 Å². The Morgan fingerprint density at radius 2 is 1.64 bits per heavy atom. The molecule has 0 saturated carbocycles. The quantitative estimate of drug-likeness (QED) is 0.780. The molecule has 2 saturated heterocycles. The molecule has 3 amide bonds. The van der Waals surface area contributed by atoms with Crippen LogP contribution in [0.3, 0.4) is 0 Å². The van der Waals surface area contributed by atoms with Crippen molar-refractivity contribution in [1.29, 1.82) is 0 Å². The Morgan fingerprint density at radius 1 is 1.14 bits per heavy atom. The van der Waals surface area contributed by atoms with Gasteiger partial charge in [-0.05, 0) is 19.4 Å². The fourth-order valence-electron chi connectivity index (χ4n) is 3.61. The molecule has 6 nitrogen and oxygen atoms in total. The van der Waals surface area contributed by atoms with Crippen molar-refractivity contribution >= 4 is 17.7 Å². The molecule has 2 fully saturated rings. The van der Waals surface area contributed by atoms with Crippen LogP contribution in [-0.4, -0.2) is 35.7 Å². The molecule has 1 aromatic carbocycles. The van der Waals surface area contributed by atoms with Gasteiger partial charge in [0.1, 0.15) is 6.04 Å². The summed E-state index contributed by atoms with van der Waals surface area (Å²) in [5.41, 5.74) is 4.68. The van der Waals surface area contributed by atoms with E-state index in [4.69, 9.17) is 5.73 Å². The molecule has 22 heavy (non-hydrogen) atoms. The number of nitrogens with one attached hydrogen (secondary N) is 1. The van der Waals surface area contributed by atoms with Crippen LogP contribution in [0.15, 0.2) is 30.3 Å². The zero-order valence-corrected chi connectivity index (χ0v) is 12.6. The van der Waals surface area contributed by atoms with Crippen LogP contribution < -0.4 is 11.1 Å². The van der Waals surface area contributed by atoms with Gasteiger partial charge in [-0.25, -0.2) is 0 Å². The van der Waals surface area contributed by atoms with Gasteiger partial charge in [0.05, 0.1) is 10.8 Å². The van der Waals surface area contributed by atoms with Crippen molar-refractivity contribution in [3.63, 3.8) is 0 Å². The van der Waals surface area contributed by atoms with Gasteiger partial charge in [0.2, 0.25) is 17.7 Å². The molecule has 3 N–H and O–H groups in total. The molecule has 3 rings (SSSR count). The first kappa shape index (κ1) is 14.7. The van der Waals surface area contributed by atoms with Crippen LogP contribution >= 0.6 is 0 Å². The highest BCUT2D eigenvalue weighted by Gasteiger charge is 2.66. The van der Waals surface area contributed by atoms with E-state index in [0.717, 1.165) is 5.56 Å². The van der Waals surface area contributed by atoms with Crippen LogP contribution in [-0.2, 0) is 14.4 Å². The Hall–Kier alpha value is -2.21. The van der Waals surface area contributed by atoms with E-state index in [9.17, 15) is 14.4 Å². The zero-order valence-electron chi connectivity index (χ0n) is 12.6. The van der Waals surface area contributed by atoms with E-state index < -0.39 is 22.8 Å². The Balaban J connectivity index is 1.99. The summed E-state index contributed by atoms with van der Waals surface area (Å²) in [4.78, 5) is 38.2. The second-order valence-corrected chi connectivity index (χ2v) is 6.57. The molecule has 0 aliphatic carbocycles. The number of benzene rings is 1. The number of carbonyl (C=O) groups excluding carboxylic acids is 3. The largest absolute Gasteiger partial charge is 0.368 e. The summed E-state index contributed by atoms with van der Waals surface area (Å²) in [5.74, 6) is -1.04. The van der Waals surface area contributed by atoms with Crippen molar-refractivity contribution < 1.29 is 14.4 Å². The lowest BCUT2D eigenvalue weighted by Crippen LogP contribution is -2.41.